The van der Waals surface area contributed by atoms with Gasteiger partial charge in [-0.05, 0) is 42.5 Å². The quantitative estimate of drug-likeness (QED) is 0.394. The van der Waals surface area contributed by atoms with Crippen molar-refractivity contribution in [2.24, 2.45) is 4.99 Å². The molecule has 0 atom stereocenters. The Labute approximate surface area is 150 Å². The lowest BCUT2D eigenvalue weighted by Crippen LogP contribution is -2.03. The van der Waals surface area contributed by atoms with Crippen molar-refractivity contribution in [2.75, 3.05) is 18.3 Å². The third-order valence-electron chi connectivity index (χ3n) is 3.41. The highest BCUT2D eigenvalue weighted by molar-refractivity contribution is 8.02. The summed E-state index contributed by atoms with van der Waals surface area (Å²) >= 11 is 1.56. The average Bonchev–Trinajstić information content (AvgIpc) is 2.68. The second-order valence-corrected chi connectivity index (χ2v) is 5.87. The second kappa shape index (κ2) is 8.25. The Morgan fingerprint density at radius 3 is 3.00 bits per heavy atom. The van der Waals surface area contributed by atoms with E-state index in [1.54, 1.807) is 37.5 Å². The molecule has 1 aromatic carbocycles. The van der Waals surface area contributed by atoms with Crippen molar-refractivity contribution >= 4 is 35.2 Å². The van der Waals surface area contributed by atoms with E-state index in [0.717, 1.165) is 28.0 Å². The van der Waals surface area contributed by atoms with E-state index in [4.69, 9.17) is 4.74 Å². The highest BCUT2D eigenvalue weighted by Gasteiger charge is 2.10. The van der Waals surface area contributed by atoms with E-state index in [-0.39, 0.29) is 0 Å². The normalized spacial score (nSPS) is 10.9. The molecule has 1 N–H and O–H groups in total. The standard InChI is InChI=1S/C18H17N5OS/c1-19-8-9-25-12-21-18-15-10-14(24-2)5-6-16(15)22-17(23-18)13-4-3-7-20-11-13/h3-11H,1,12H2,2H3,(H,21,22,23)/b9-8-. The molecule has 126 valence electrons. The van der Waals surface area contributed by atoms with Crippen molar-refractivity contribution in [3.8, 4) is 17.1 Å². The number of nitrogens with zero attached hydrogens (tertiary/aromatic N) is 4. The van der Waals surface area contributed by atoms with Gasteiger partial charge in [-0.3, -0.25) is 9.98 Å². The lowest BCUT2D eigenvalue weighted by Gasteiger charge is -2.11. The Hall–Kier alpha value is -2.93. The van der Waals surface area contributed by atoms with Crippen molar-refractivity contribution in [3.63, 3.8) is 0 Å². The van der Waals surface area contributed by atoms with Gasteiger partial charge in [0.15, 0.2) is 5.82 Å². The Kier molecular flexibility index (Phi) is 5.58. The fraction of sp³-hybridized carbons (Fsp3) is 0.111. The number of methoxy groups -OCH3 is 1. The van der Waals surface area contributed by atoms with Crippen LogP contribution in [0.25, 0.3) is 22.3 Å². The summed E-state index contributed by atoms with van der Waals surface area (Å²) < 4.78 is 5.32. The average molecular weight is 351 g/mol. The maximum absolute atomic E-state index is 5.32. The molecule has 2 aromatic heterocycles. The molecule has 2 heterocycles. The van der Waals surface area contributed by atoms with Crippen molar-refractivity contribution in [3.05, 3.63) is 54.3 Å². The van der Waals surface area contributed by atoms with Crippen LogP contribution < -0.4 is 10.1 Å². The monoisotopic (exact) mass is 351 g/mol. The minimum absolute atomic E-state index is 0.626. The van der Waals surface area contributed by atoms with Crippen LogP contribution in [0.1, 0.15) is 0 Å². The molecule has 0 unspecified atom stereocenters. The minimum atomic E-state index is 0.626. The van der Waals surface area contributed by atoms with E-state index in [9.17, 15) is 0 Å². The molecule has 25 heavy (non-hydrogen) atoms. The molecule has 3 aromatic rings. The summed E-state index contributed by atoms with van der Waals surface area (Å²) in [6.07, 6.45) is 5.13. The molecule has 0 saturated heterocycles. The van der Waals surface area contributed by atoms with Gasteiger partial charge in [-0.15, -0.1) is 11.8 Å². The summed E-state index contributed by atoms with van der Waals surface area (Å²) in [6, 6.07) is 9.55. The van der Waals surface area contributed by atoms with E-state index in [0.29, 0.717) is 11.7 Å². The third-order valence-corrected chi connectivity index (χ3v) is 4.03. The first-order chi connectivity index (χ1) is 12.3. The summed E-state index contributed by atoms with van der Waals surface area (Å²) in [5.41, 5.74) is 1.71. The molecule has 0 bridgehead atoms. The van der Waals surface area contributed by atoms with Gasteiger partial charge in [-0.25, -0.2) is 9.97 Å². The van der Waals surface area contributed by atoms with Gasteiger partial charge in [-0.2, -0.15) is 0 Å². The van der Waals surface area contributed by atoms with Gasteiger partial charge in [0.2, 0.25) is 0 Å². The van der Waals surface area contributed by atoms with Gasteiger partial charge in [0, 0.05) is 29.5 Å². The molecule has 0 saturated carbocycles. The van der Waals surface area contributed by atoms with Crippen molar-refractivity contribution in [1.29, 1.82) is 0 Å². The highest BCUT2D eigenvalue weighted by atomic mass is 32.2. The van der Waals surface area contributed by atoms with Crippen LogP contribution >= 0.6 is 11.8 Å². The van der Waals surface area contributed by atoms with E-state index in [2.05, 4.69) is 32.0 Å². The number of nitrogens with one attached hydrogen (secondary N) is 1. The fourth-order valence-electron chi connectivity index (χ4n) is 2.24. The number of hydrogen-bond donors (Lipinski definition) is 1. The van der Waals surface area contributed by atoms with Crippen LogP contribution in [0.15, 0.2) is 59.3 Å². The number of thioether (sulfide) groups is 1. The molecule has 0 amide bonds. The van der Waals surface area contributed by atoms with Gasteiger partial charge in [-0.1, -0.05) is 0 Å². The molecular formula is C18H17N5OS. The number of pyridine rings is 1. The molecule has 3 rings (SSSR count). The van der Waals surface area contributed by atoms with Crippen LogP contribution in [-0.2, 0) is 0 Å². The maximum Gasteiger partial charge on any atom is 0.163 e. The minimum Gasteiger partial charge on any atom is -0.497 e. The van der Waals surface area contributed by atoms with Crippen LogP contribution in [0, 0.1) is 0 Å². The zero-order chi connectivity index (χ0) is 17.5. The van der Waals surface area contributed by atoms with Gasteiger partial charge in [0.1, 0.15) is 11.6 Å². The number of hydrogen-bond acceptors (Lipinski definition) is 7. The topological polar surface area (TPSA) is 72.3 Å². The van der Waals surface area contributed by atoms with E-state index < -0.39 is 0 Å². The van der Waals surface area contributed by atoms with Gasteiger partial charge in [0.05, 0.1) is 18.5 Å². The molecule has 7 heteroatoms. The van der Waals surface area contributed by atoms with Crippen LogP contribution in [0.5, 0.6) is 5.75 Å². The zero-order valence-electron chi connectivity index (χ0n) is 13.7. The Morgan fingerprint density at radius 2 is 2.24 bits per heavy atom. The first-order valence-corrected chi connectivity index (χ1v) is 8.59. The third kappa shape index (κ3) is 4.13. The summed E-state index contributed by atoms with van der Waals surface area (Å²) in [7, 11) is 1.64. The summed E-state index contributed by atoms with van der Waals surface area (Å²) in [5, 5.41) is 6.10. The van der Waals surface area contributed by atoms with Gasteiger partial charge >= 0.3 is 0 Å². The Bertz CT molecular complexity index is 899. The van der Waals surface area contributed by atoms with Crippen molar-refractivity contribution in [1.82, 2.24) is 15.0 Å². The smallest absolute Gasteiger partial charge is 0.163 e. The number of aromatic nitrogens is 3. The van der Waals surface area contributed by atoms with Crippen LogP contribution in [0.4, 0.5) is 5.82 Å². The largest absolute Gasteiger partial charge is 0.497 e. The molecule has 0 aliphatic carbocycles. The van der Waals surface area contributed by atoms with Crippen LogP contribution in [0.3, 0.4) is 0 Å². The molecule has 0 spiro atoms. The van der Waals surface area contributed by atoms with Crippen LogP contribution in [0.2, 0.25) is 0 Å². The molecule has 0 fully saturated rings. The van der Waals surface area contributed by atoms with Crippen molar-refractivity contribution < 1.29 is 4.74 Å². The van der Waals surface area contributed by atoms with Crippen molar-refractivity contribution in [2.45, 2.75) is 0 Å². The second-order valence-electron chi connectivity index (χ2n) is 4.98. The summed E-state index contributed by atoms with van der Waals surface area (Å²) in [5.74, 6) is 2.77. The summed E-state index contributed by atoms with van der Waals surface area (Å²) in [6.45, 7) is 3.41. The van der Waals surface area contributed by atoms with E-state index >= 15 is 0 Å². The lowest BCUT2D eigenvalue weighted by molar-refractivity contribution is 0.415. The molecule has 0 aliphatic rings. The SMILES string of the molecule is C=N/C=C\SCNc1nc(-c2cccnc2)nc2ccc(OC)cc12. The highest BCUT2D eigenvalue weighted by Crippen LogP contribution is 2.28. The molecule has 0 aliphatic heterocycles. The predicted octanol–water partition coefficient (Wildman–Crippen LogP) is 3.97. The van der Waals surface area contributed by atoms with Gasteiger partial charge < -0.3 is 10.1 Å². The Morgan fingerprint density at radius 1 is 1.32 bits per heavy atom. The number of rotatable bonds is 7. The predicted molar refractivity (Wildman–Crippen MR) is 104 cm³/mol. The fourth-order valence-corrected chi connectivity index (χ4v) is 2.73. The number of benzene rings is 1. The number of anilines is 1. The zero-order valence-corrected chi connectivity index (χ0v) is 14.5. The summed E-state index contributed by atoms with van der Waals surface area (Å²) in [4.78, 5) is 17.1. The number of fused-ring (bicyclic) bond motifs is 1. The lowest BCUT2D eigenvalue weighted by atomic mass is 10.2. The van der Waals surface area contributed by atoms with E-state index in [1.165, 1.54) is 0 Å². The van der Waals surface area contributed by atoms with Crippen LogP contribution in [-0.4, -0.2) is 34.7 Å². The Balaban J connectivity index is 2.00. The number of ether oxygens (including phenoxy) is 1. The molecule has 0 radical (unpaired) electrons. The first-order valence-electron chi connectivity index (χ1n) is 7.54. The van der Waals surface area contributed by atoms with E-state index in [1.807, 2.05) is 35.7 Å². The maximum atomic E-state index is 5.32. The first kappa shape index (κ1) is 16.9. The van der Waals surface area contributed by atoms with Gasteiger partial charge in [0.25, 0.3) is 0 Å². The number of aliphatic imine (C=N–C) groups is 1. The molecule has 6 nitrogen and oxygen atoms in total. The molecular weight excluding hydrogens is 334 g/mol.